The van der Waals surface area contributed by atoms with Crippen molar-refractivity contribution in [3.8, 4) is 0 Å². The molecule has 4 N–H and O–H groups in total. The molecule has 1 aromatic rings. The van der Waals surface area contributed by atoms with Crippen LogP contribution in [0.3, 0.4) is 0 Å². The van der Waals surface area contributed by atoms with Gasteiger partial charge in [0.15, 0.2) is 0 Å². The van der Waals surface area contributed by atoms with E-state index in [2.05, 4.69) is 0 Å². The van der Waals surface area contributed by atoms with Crippen LogP contribution in [0.25, 0.3) is 0 Å². The maximum absolute atomic E-state index is 12.1. The number of hydrogen-bond donors (Lipinski definition) is 2. The monoisotopic (exact) mass is 247 g/mol. The van der Waals surface area contributed by atoms with Crippen LogP contribution in [0.4, 0.5) is 11.4 Å². The maximum atomic E-state index is 12.1. The molecular formula is C13H17N3O2. The summed E-state index contributed by atoms with van der Waals surface area (Å²) in [6.07, 6.45) is 1.12. The van der Waals surface area contributed by atoms with Gasteiger partial charge in [-0.25, -0.2) is 0 Å². The van der Waals surface area contributed by atoms with Crippen molar-refractivity contribution in [2.75, 3.05) is 10.6 Å². The van der Waals surface area contributed by atoms with E-state index < -0.39 is 0 Å². The number of nitrogens with two attached hydrogens (primary N) is 2. The first-order chi connectivity index (χ1) is 8.49. The topological polar surface area (TPSA) is 89.4 Å². The summed E-state index contributed by atoms with van der Waals surface area (Å²) in [5.74, 6) is -0.418. The molecule has 0 saturated carbocycles. The van der Waals surface area contributed by atoms with Gasteiger partial charge >= 0.3 is 0 Å². The number of imide groups is 1. The number of carbonyl (C=O) groups excluding carboxylic acids is 2. The molecule has 0 aromatic heterocycles. The highest BCUT2D eigenvalue weighted by Gasteiger charge is 2.29. The lowest BCUT2D eigenvalue weighted by Crippen LogP contribution is -2.42. The molecule has 1 aliphatic heterocycles. The van der Waals surface area contributed by atoms with Crippen LogP contribution in [0.5, 0.6) is 0 Å². The molecule has 1 heterocycles. The predicted octanol–water partition coefficient (Wildman–Crippen LogP) is 0.812. The number of hydrogen-bond acceptors (Lipinski definition) is 4. The summed E-state index contributed by atoms with van der Waals surface area (Å²) in [6.45, 7) is 1.75. The normalized spacial score (nSPS) is 16.3. The molecule has 0 radical (unpaired) electrons. The second kappa shape index (κ2) is 4.78. The highest BCUT2D eigenvalue weighted by atomic mass is 16.2. The zero-order valence-corrected chi connectivity index (χ0v) is 10.3. The first-order valence-electron chi connectivity index (χ1n) is 5.99. The van der Waals surface area contributed by atoms with Crippen LogP contribution < -0.4 is 16.4 Å². The minimum atomic E-state index is -0.260. The Balaban J connectivity index is 2.36. The Kier molecular flexibility index (Phi) is 3.34. The molecular weight excluding hydrogens is 230 g/mol. The Morgan fingerprint density at radius 3 is 2.83 bits per heavy atom. The molecule has 96 valence electrons. The first-order valence-corrected chi connectivity index (χ1v) is 5.99. The second-order valence-electron chi connectivity index (χ2n) is 4.69. The third-order valence-corrected chi connectivity index (χ3v) is 2.95. The van der Waals surface area contributed by atoms with Crippen LogP contribution in [0, 0.1) is 0 Å². The van der Waals surface area contributed by atoms with E-state index in [-0.39, 0.29) is 24.3 Å². The summed E-state index contributed by atoms with van der Waals surface area (Å²) in [5.41, 5.74) is 13.5. The molecule has 5 nitrogen and oxygen atoms in total. The standard InChI is InChI=1S/C13H17N3O2/c1-8(14)6-13(18)16-11-4-3-10(15)7-9(11)2-5-12(16)17/h3-4,7-8H,2,5-6,14-15H2,1H3. The summed E-state index contributed by atoms with van der Waals surface area (Å²) in [7, 11) is 0. The molecule has 0 aliphatic carbocycles. The van der Waals surface area contributed by atoms with E-state index in [4.69, 9.17) is 11.5 Å². The van der Waals surface area contributed by atoms with Crippen molar-refractivity contribution >= 4 is 23.2 Å². The second-order valence-corrected chi connectivity index (χ2v) is 4.69. The minimum absolute atomic E-state index is 0.162. The van der Waals surface area contributed by atoms with E-state index in [9.17, 15) is 9.59 Å². The summed E-state index contributed by atoms with van der Waals surface area (Å²) < 4.78 is 0. The van der Waals surface area contributed by atoms with Gasteiger partial charge in [-0.3, -0.25) is 14.5 Å². The fourth-order valence-electron chi connectivity index (χ4n) is 2.15. The number of nitrogen functional groups attached to an aromatic ring is 1. The molecule has 0 fully saturated rings. The van der Waals surface area contributed by atoms with Crippen molar-refractivity contribution in [3.05, 3.63) is 23.8 Å². The Morgan fingerprint density at radius 2 is 2.17 bits per heavy atom. The van der Waals surface area contributed by atoms with Gasteiger partial charge in [-0.05, 0) is 37.1 Å². The van der Waals surface area contributed by atoms with Gasteiger partial charge in [0.2, 0.25) is 11.8 Å². The van der Waals surface area contributed by atoms with Gasteiger partial charge in [-0.2, -0.15) is 0 Å². The SMILES string of the molecule is CC(N)CC(=O)N1C(=O)CCc2cc(N)ccc21. The van der Waals surface area contributed by atoms with Crippen LogP contribution in [0.2, 0.25) is 0 Å². The van der Waals surface area contributed by atoms with Crippen LogP contribution in [-0.4, -0.2) is 17.9 Å². The van der Waals surface area contributed by atoms with Crippen molar-refractivity contribution in [2.24, 2.45) is 5.73 Å². The average Bonchev–Trinajstić information content (AvgIpc) is 2.28. The fourth-order valence-corrected chi connectivity index (χ4v) is 2.15. The van der Waals surface area contributed by atoms with E-state index in [0.29, 0.717) is 24.2 Å². The highest BCUT2D eigenvalue weighted by molar-refractivity contribution is 6.16. The summed E-state index contributed by atoms with van der Waals surface area (Å²) in [6, 6.07) is 4.97. The predicted molar refractivity (Wildman–Crippen MR) is 69.9 cm³/mol. The summed E-state index contributed by atoms with van der Waals surface area (Å²) in [4.78, 5) is 25.2. The molecule has 0 bridgehead atoms. The lowest BCUT2D eigenvalue weighted by atomic mass is 9.99. The molecule has 2 rings (SSSR count). The van der Waals surface area contributed by atoms with Crippen molar-refractivity contribution in [2.45, 2.75) is 32.2 Å². The molecule has 1 unspecified atom stereocenters. The van der Waals surface area contributed by atoms with Crippen LogP contribution in [0.1, 0.15) is 25.3 Å². The van der Waals surface area contributed by atoms with Crippen molar-refractivity contribution in [1.29, 1.82) is 0 Å². The van der Waals surface area contributed by atoms with Crippen LogP contribution >= 0.6 is 0 Å². The quantitative estimate of drug-likeness (QED) is 0.757. The zero-order valence-electron chi connectivity index (χ0n) is 10.3. The van der Waals surface area contributed by atoms with Gasteiger partial charge in [0.05, 0.1) is 5.69 Å². The van der Waals surface area contributed by atoms with Gasteiger partial charge in [-0.15, -0.1) is 0 Å². The molecule has 0 saturated heterocycles. The zero-order chi connectivity index (χ0) is 13.3. The van der Waals surface area contributed by atoms with E-state index >= 15 is 0 Å². The number of carbonyl (C=O) groups is 2. The van der Waals surface area contributed by atoms with Gasteiger partial charge < -0.3 is 11.5 Å². The Hall–Kier alpha value is -1.88. The number of rotatable bonds is 2. The van der Waals surface area contributed by atoms with E-state index in [1.165, 1.54) is 4.90 Å². The molecule has 1 aliphatic rings. The number of benzene rings is 1. The molecule has 2 amide bonds. The number of amides is 2. The average molecular weight is 247 g/mol. The number of fused-ring (bicyclic) bond motifs is 1. The molecule has 0 spiro atoms. The van der Waals surface area contributed by atoms with Gasteiger partial charge in [0.1, 0.15) is 0 Å². The van der Waals surface area contributed by atoms with Crippen LogP contribution in [-0.2, 0) is 16.0 Å². The Bertz CT molecular complexity index is 497. The lowest BCUT2D eigenvalue weighted by molar-refractivity contribution is -0.126. The number of aryl methyl sites for hydroxylation is 1. The Labute approximate surface area is 106 Å². The first kappa shape index (κ1) is 12.6. The number of anilines is 2. The third kappa shape index (κ3) is 2.36. The van der Waals surface area contributed by atoms with Crippen molar-refractivity contribution < 1.29 is 9.59 Å². The van der Waals surface area contributed by atoms with Gasteiger partial charge in [0.25, 0.3) is 0 Å². The van der Waals surface area contributed by atoms with Crippen molar-refractivity contribution in [3.63, 3.8) is 0 Å². The fraction of sp³-hybridized carbons (Fsp3) is 0.385. The highest BCUT2D eigenvalue weighted by Crippen LogP contribution is 2.30. The molecule has 5 heteroatoms. The molecule has 1 aromatic carbocycles. The van der Waals surface area contributed by atoms with Crippen molar-refractivity contribution in [1.82, 2.24) is 0 Å². The van der Waals surface area contributed by atoms with Gasteiger partial charge in [0, 0.05) is 24.6 Å². The van der Waals surface area contributed by atoms with E-state index in [0.717, 1.165) is 5.56 Å². The number of nitrogens with zero attached hydrogens (tertiary/aromatic N) is 1. The summed E-state index contributed by atoms with van der Waals surface area (Å²) >= 11 is 0. The van der Waals surface area contributed by atoms with Gasteiger partial charge in [-0.1, -0.05) is 0 Å². The van der Waals surface area contributed by atoms with Crippen LogP contribution in [0.15, 0.2) is 18.2 Å². The minimum Gasteiger partial charge on any atom is -0.399 e. The summed E-state index contributed by atoms with van der Waals surface area (Å²) in [5, 5.41) is 0. The smallest absolute Gasteiger partial charge is 0.235 e. The third-order valence-electron chi connectivity index (χ3n) is 2.95. The lowest BCUT2D eigenvalue weighted by Gasteiger charge is -2.28. The van der Waals surface area contributed by atoms with E-state index in [1.54, 1.807) is 19.1 Å². The Morgan fingerprint density at radius 1 is 1.44 bits per heavy atom. The molecule has 18 heavy (non-hydrogen) atoms. The van der Waals surface area contributed by atoms with E-state index in [1.807, 2.05) is 6.07 Å². The largest absolute Gasteiger partial charge is 0.399 e. The molecule has 1 atom stereocenters. The maximum Gasteiger partial charge on any atom is 0.235 e.